The lowest BCUT2D eigenvalue weighted by molar-refractivity contribution is 0.102. The van der Waals surface area contributed by atoms with Crippen LogP contribution in [0.4, 0.5) is 11.4 Å². The Labute approximate surface area is 141 Å². The van der Waals surface area contributed by atoms with Crippen LogP contribution in [0.15, 0.2) is 42.5 Å². The second-order valence-corrected chi connectivity index (χ2v) is 5.95. The molecule has 5 heteroatoms. The zero-order chi connectivity index (χ0) is 16.2. The second kappa shape index (κ2) is 6.92. The van der Waals surface area contributed by atoms with Gasteiger partial charge < -0.3 is 15.0 Å². The molecule has 4 nitrogen and oxygen atoms in total. The van der Waals surface area contributed by atoms with Crippen LogP contribution in [-0.4, -0.2) is 26.1 Å². The van der Waals surface area contributed by atoms with Gasteiger partial charge in [0, 0.05) is 24.3 Å². The molecule has 1 aliphatic rings. The van der Waals surface area contributed by atoms with Gasteiger partial charge in [0.2, 0.25) is 0 Å². The molecule has 2 aromatic carbocycles. The summed E-state index contributed by atoms with van der Waals surface area (Å²) < 4.78 is 5.10. The fourth-order valence-corrected chi connectivity index (χ4v) is 2.88. The largest absolute Gasteiger partial charge is 0.497 e. The third-order valence-corrected chi connectivity index (χ3v) is 4.35. The molecule has 2 aromatic rings. The number of nitrogens with zero attached hydrogens (tertiary/aromatic N) is 1. The molecule has 0 spiro atoms. The van der Waals surface area contributed by atoms with Gasteiger partial charge in [-0.15, -0.1) is 0 Å². The van der Waals surface area contributed by atoms with E-state index in [1.54, 1.807) is 31.4 Å². The Hall–Kier alpha value is -2.20. The lowest BCUT2D eigenvalue weighted by atomic mass is 10.2. The van der Waals surface area contributed by atoms with Crippen molar-refractivity contribution in [3.05, 3.63) is 53.1 Å². The molecule has 1 fully saturated rings. The monoisotopic (exact) mass is 330 g/mol. The number of anilines is 2. The van der Waals surface area contributed by atoms with Crippen molar-refractivity contribution in [2.24, 2.45) is 0 Å². The average molecular weight is 331 g/mol. The molecule has 3 rings (SSSR count). The molecule has 120 valence electrons. The number of methoxy groups -OCH3 is 1. The second-order valence-electron chi connectivity index (χ2n) is 5.54. The number of rotatable bonds is 4. The highest BCUT2D eigenvalue weighted by Gasteiger charge is 2.15. The van der Waals surface area contributed by atoms with Crippen LogP contribution in [0.25, 0.3) is 0 Å². The summed E-state index contributed by atoms with van der Waals surface area (Å²) in [5.41, 5.74) is 2.29. The molecule has 1 saturated heterocycles. The smallest absolute Gasteiger partial charge is 0.255 e. The Morgan fingerprint density at radius 3 is 2.48 bits per heavy atom. The number of ether oxygens (including phenoxy) is 1. The van der Waals surface area contributed by atoms with Crippen molar-refractivity contribution < 1.29 is 9.53 Å². The summed E-state index contributed by atoms with van der Waals surface area (Å²) >= 11 is 6.23. The summed E-state index contributed by atoms with van der Waals surface area (Å²) in [6.45, 7) is 2.10. The van der Waals surface area contributed by atoms with E-state index in [1.807, 2.05) is 18.2 Å². The Morgan fingerprint density at radius 2 is 1.83 bits per heavy atom. The minimum Gasteiger partial charge on any atom is -0.497 e. The summed E-state index contributed by atoms with van der Waals surface area (Å²) in [6.07, 6.45) is 2.41. The van der Waals surface area contributed by atoms with Crippen molar-refractivity contribution >= 4 is 28.9 Å². The lowest BCUT2D eigenvalue weighted by Gasteiger charge is -2.19. The molecule has 0 radical (unpaired) electrons. The van der Waals surface area contributed by atoms with Gasteiger partial charge in [-0.1, -0.05) is 11.6 Å². The van der Waals surface area contributed by atoms with Gasteiger partial charge in [-0.05, 0) is 55.3 Å². The average Bonchev–Trinajstić information content (AvgIpc) is 3.11. The first kappa shape index (κ1) is 15.7. The summed E-state index contributed by atoms with van der Waals surface area (Å²) in [6, 6.07) is 12.7. The Balaban J connectivity index is 1.77. The summed E-state index contributed by atoms with van der Waals surface area (Å²) in [5.74, 6) is 0.531. The van der Waals surface area contributed by atoms with E-state index in [-0.39, 0.29) is 5.91 Å². The molecule has 0 bridgehead atoms. The molecule has 0 unspecified atom stereocenters. The lowest BCUT2D eigenvalue weighted by Crippen LogP contribution is -2.18. The van der Waals surface area contributed by atoms with E-state index in [0.29, 0.717) is 16.3 Å². The Kier molecular flexibility index (Phi) is 4.72. The minimum absolute atomic E-state index is 0.187. The van der Waals surface area contributed by atoms with Crippen molar-refractivity contribution in [3.63, 3.8) is 0 Å². The predicted molar refractivity (Wildman–Crippen MR) is 93.8 cm³/mol. The van der Waals surface area contributed by atoms with Crippen LogP contribution >= 0.6 is 11.6 Å². The summed E-state index contributed by atoms with van der Waals surface area (Å²) in [4.78, 5) is 14.7. The van der Waals surface area contributed by atoms with Gasteiger partial charge in [0.15, 0.2) is 0 Å². The van der Waals surface area contributed by atoms with E-state index < -0.39 is 0 Å². The van der Waals surface area contributed by atoms with Crippen LogP contribution in [0.5, 0.6) is 5.75 Å². The predicted octanol–water partition coefficient (Wildman–Crippen LogP) is 4.20. The molecular weight excluding hydrogens is 312 g/mol. The van der Waals surface area contributed by atoms with Crippen LogP contribution in [0.3, 0.4) is 0 Å². The number of amides is 1. The molecular formula is C18H19ClN2O2. The highest BCUT2D eigenvalue weighted by atomic mass is 35.5. The number of halogens is 1. The number of carbonyl (C=O) groups is 1. The van der Waals surface area contributed by atoms with Gasteiger partial charge >= 0.3 is 0 Å². The van der Waals surface area contributed by atoms with Crippen LogP contribution in [-0.2, 0) is 0 Å². The van der Waals surface area contributed by atoms with Crippen LogP contribution in [0, 0.1) is 0 Å². The number of carbonyl (C=O) groups excluding carboxylic acids is 1. The van der Waals surface area contributed by atoms with Gasteiger partial charge in [-0.25, -0.2) is 0 Å². The highest BCUT2D eigenvalue weighted by molar-refractivity contribution is 6.34. The van der Waals surface area contributed by atoms with Crippen molar-refractivity contribution in [2.75, 3.05) is 30.4 Å². The van der Waals surface area contributed by atoms with Gasteiger partial charge in [0.25, 0.3) is 5.91 Å². The normalized spacial score (nSPS) is 13.9. The standard InChI is InChI=1S/C18H19ClN2O2/c1-23-15-7-4-13(5-8-15)18(22)20-17-12-14(6-9-16(17)19)21-10-2-3-11-21/h4-9,12H,2-3,10-11H2,1H3,(H,20,22). The first-order valence-electron chi connectivity index (χ1n) is 7.67. The molecule has 0 saturated carbocycles. The molecule has 1 amide bonds. The highest BCUT2D eigenvalue weighted by Crippen LogP contribution is 2.29. The fraction of sp³-hybridized carbons (Fsp3) is 0.278. The van der Waals surface area contributed by atoms with Crippen molar-refractivity contribution in [3.8, 4) is 5.75 Å². The van der Waals surface area contributed by atoms with Gasteiger partial charge in [-0.2, -0.15) is 0 Å². The molecule has 1 aliphatic heterocycles. The molecule has 23 heavy (non-hydrogen) atoms. The van der Waals surface area contributed by atoms with E-state index in [0.717, 1.165) is 24.5 Å². The van der Waals surface area contributed by atoms with Crippen LogP contribution in [0.1, 0.15) is 23.2 Å². The molecule has 0 aromatic heterocycles. The molecule has 1 N–H and O–H groups in total. The van der Waals surface area contributed by atoms with E-state index in [2.05, 4.69) is 10.2 Å². The maximum atomic E-state index is 12.4. The third kappa shape index (κ3) is 3.59. The third-order valence-electron chi connectivity index (χ3n) is 4.02. The van der Waals surface area contributed by atoms with E-state index in [4.69, 9.17) is 16.3 Å². The van der Waals surface area contributed by atoms with Crippen molar-refractivity contribution in [1.82, 2.24) is 0 Å². The summed E-state index contributed by atoms with van der Waals surface area (Å²) in [7, 11) is 1.60. The summed E-state index contributed by atoms with van der Waals surface area (Å²) in [5, 5.41) is 3.43. The molecule has 0 atom stereocenters. The first-order chi connectivity index (χ1) is 11.2. The van der Waals surface area contributed by atoms with Crippen LogP contribution < -0.4 is 15.0 Å². The molecule has 1 heterocycles. The maximum absolute atomic E-state index is 12.4. The van der Waals surface area contributed by atoms with Crippen molar-refractivity contribution in [2.45, 2.75) is 12.8 Å². The van der Waals surface area contributed by atoms with Gasteiger partial charge in [0.05, 0.1) is 17.8 Å². The number of hydrogen-bond acceptors (Lipinski definition) is 3. The number of benzene rings is 2. The van der Waals surface area contributed by atoms with Crippen LogP contribution in [0.2, 0.25) is 5.02 Å². The fourth-order valence-electron chi connectivity index (χ4n) is 2.72. The zero-order valence-electron chi connectivity index (χ0n) is 13.0. The van der Waals surface area contributed by atoms with E-state index in [9.17, 15) is 4.79 Å². The van der Waals surface area contributed by atoms with E-state index in [1.165, 1.54) is 12.8 Å². The number of nitrogens with one attached hydrogen (secondary N) is 1. The first-order valence-corrected chi connectivity index (χ1v) is 8.05. The Bertz CT molecular complexity index is 695. The topological polar surface area (TPSA) is 41.6 Å². The zero-order valence-corrected chi connectivity index (χ0v) is 13.8. The molecule has 0 aliphatic carbocycles. The Morgan fingerprint density at radius 1 is 1.13 bits per heavy atom. The maximum Gasteiger partial charge on any atom is 0.255 e. The number of hydrogen-bond donors (Lipinski definition) is 1. The van der Waals surface area contributed by atoms with Crippen molar-refractivity contribution in [1.29, 1.82) is 0 Å². The minimum atomic E-state index is -0.187. The van der Waals surface area contributed by atoms with Gasteiger partial charge in [-0.3, -0.25) is 4.79 Å². The quantitative estimate of drug-likeness (QED) is 0.913. The van der Waals surface area contributed by atoms with Gasteiger partial charge in [0.1, 0.15) is 5.75 Å². The SMILES string of the molecule is COc1ccc(C(=O)Nc2cc(N3CCCC3)ccc2Cl)cc1. The van der Waals surface area contributed by atoms with E-state index >= 15 is 0 Å².